The molecular formula is C19H21F2N3O. The first-order valence-electron chi connectivity index (χ1n) is 8.48. The van der Waals surface area contributed by atoms with Gasteiger partial charge in [0.15, 0.2) is 0 Å². The molecule has 1 aromatic carbocycles. The number of piperidine rings is 1. The van der Waals surface area contributed by atoms with E-state index in [2.05, 4.69) is 15.2 Å². The first-order valence-corrected chi connectivity index (χ1v) is 8.48. The van der Waals surface area contributed by atoms with Gasteiger partial charge < -0.3 is 5.32 Å². The van der Waals surface area contributed by atoms with Crippen molar-refractivity contribution in [1.82, 2.24) is 15.2 Å². The van der Waals surface area contributed by atoms with Gasteiger partial charge >= 0.3 is 0 Å². The molecule has 132 valence electrons. The van der Waals surface area contributed by atoms with Gasteiger partial charge in [0, 0.05) is 19.3 Å². The third-order valence-electron chi connectivity index (χ3n) is 4.56. The maximum absolute atomic E-state index is 13.6. The maximum atomic E-state index is 13.6. The van der Waals surface area contributed by atoms with Crippen LogP contribution in [0.25, 0.3) is 0 Å². The second-order valence-corrected chi connectivity index (χ2v) is 6.35. The lowest BCUT2D eigenvalue weighted by molar-refractivity contribution is 0.0926. The summed E-state index contributed by atoms with van der Waals surface area (Å²) in [5.41, 5.74) is 0.541. The Labute approximate surface area is 145 Å². The lowest BCUT2D eigenvalue weighted by Crippen LogP contribution is -2.38. The number of halogens is 2. The molecule has 1 aromatic heterocycles. The van der Waals surface area contributed by atoms with Crippen LogP contribution in [0.15, 0.2) is 42.6 Å². The Morgan fingerprint density at radius 3 is 2.48 bits per heavy atom. The van der Waals surface area contributed by atoms with Crippen LogP contribution in [-0.2, 0) is 6.54 Å². The number of amides is 1. The molecule has 2 aromatic rings. The minimum Gasteiger partial charge on any atom is -0.352 e. The summed E-state index contributed by atoms with van der Waals surface area (Å²) in [6.45, 7) is 3.10. The number of benzene rings is 1. The minimum absolute atomic E-state index is 0.318. The molecule has 25 heavy (non-hydrogen) atoms. The molecule has 1 N–H and O–H groups in total. The molecule has 0 saturated carbocycles. The maximum Gasteiger partial charge on any atom is 0.257 e. The largest absolute Gasteiger partial charge is 0.352 e. The van der Waals surface area contributed by atoms with Crippen molar-refractivity contribution in [1.29, 1.82) is 0 Å². The molecular weight excluding hydrogens is 324 g/mol. The van der Waals surface area contributed by atoms with Crippen LogP contribution < -0.4 is 5.32 Å². The quantitative estimate of drug-likeness (QED) is 0.906. The molecule has 1 saturated heterocycles. The van der Waals surface area contributed by atoms with Crippen molar-refractivity contribution in [2.45, 2.75) is 19.4 Å². The van der Waals surface area contributed by atoms with E-state index in [9.17, 15) is 13.6 Å². The fourth-order valence-electron chi connectivity index (χ4n) is 3.11. The number of pyridine rings is 1. The fraction of sp³-hybridized carbons (Fsp3) is 0.368. The van der Waals surface area contributed by atoms with Crippen LogP contribution >= 0.6 is 0 Å². The molecule has 6 heteroatoms. The second kappa shape index (κ2) is 8.16. The topological polar surface area (TPSA) is 45.2 Å². The van der Waals surface area contributed by atoms with Crippen LogP contribution in [0.4, 0.5) is 8.78 Å². The van der Waals surface area contributed by atoms with Crippen molar-refractivity contribution in [2.24, 2.45) is 5.92 Å². The molecule has 0 radical (unpaired) electrons. The number of nitrogens with zero attached hydrogens (tertiary/aromatic N) is 2. The normalized spacial score (nSPS) is 15.9. The van der Waals surface area contributed by atoms with Gasteiger partial charge in [-0.1, -0.05) is 12.1 Å². The van der Waals surface area contributed by atoms with Gasteiger partial charge in [-0.05, 0) is 56.1 Å². The van der Waals surface area contributed by atoms with E-state index < -0.39 is 23.1 Å². The summed E-state index contributed by atoms with van der Waals surface area (Å²) in [7, 11) is 0. The molecule has 0 spiro atoms. The molecule has 3 rings (SSSR count). The smallest absolute Gasteiger partial charge is 0.257 e. The van der Waals surface area contributed by atoms with Gasteiger partial charge in [-0.2, -0.15) is 0 Å². The monoisotopic (exact) mass is 345 g/mol. The van der Waals surface area contributed by atoms with E-state index in [1.165, 1.54) is 6.07 Å². The Kier molecular flexibility index (Phi) is 5.71. The molecule has 0 unspecified atom stereocenters. The van der Waals surface area contributed by atoms with Gasteiger partial charge in [0.05, 0.1) is 5.69 Å². The van der Waals surface area contributed by atoms with Crippen LogP contribution in [-0.4, -0.2) is 35.4 Å². The van der Waals surface area contributed by atoms with E-state index in [0.29, 0.717) is 12.5 Å². The summed E-state index contributed by atoms with van der Waals surface area (Å²) in [6, 6.07) is 9.32. The van der Waals surface area contributed by atoms with Crippen molar-refractivity contribution in [3.63, 3.8) is 0 Å². The zero-order chi connectivity index (χ0) is 17.6. The first kappa shape index (κ1) is 17.5. The number of nitrogens with one attached hydrogen (secondary N) is 1. The van der Waals surface area contributed by atoms with Crippen LogP contribution in [0.2, 0.25) is 0 Å². The van der Waals surface area contributed by atoms with Gasteiger partial charge in [0.2, 0.25) is 0 Å². The Morgan fingerprint density at radius 2 is 1.84 bits per heavy atom. The highest BCUT2D eigenvalue weighted by Gasteiger charge is 2.22. The number of carbonyl (C=O) groups is 1. The number of carbonyl (C=O) groups excluding carboxylic acids is 1. The van der Waals surface area contributed by atoms with E-state index in [0.717, 1.165) is 50.3 Å². The van der Waals surface area contributed by atoms with Crippen LogP contribution in [0, 0.1) is 17.6 Å². The van der Waals surface area contributed by atoms with Crippen molar-refractivity contribution < 1.29 is 13.6 Å². The lowest BCUT2D eigenvalue weighted by Gasteiger charge is -2.31. The summed E-state index contributed by atoms with van der Waals surface area (Å²) in [5, 5.41) is 2.67. The number of hydrogen-bond acceptors (Lipinski definition) is 3. The fourth-order valence-corrected chi connectivity index (χ4v) is 3.11. The Morgan fingerprint density at radius 1 is 1.12 bits per heavy atom. The molecule has 0 aliphatic carbocycles. The van der Waals surface area contributed by atoms with Gasteiger partial charge in [-0.3, -0.25) is 14.7 Å². The lowest BCUT2D eigenvalue weighted by atomic mass is 9.96. The highest BCUT2D eigenvalue weighted by Crippen LogP contribution is 2.18. The summed E-state index contributed by atoms with van der Waals surface area (Å²) in [4.78, 5) is 18.7. The molecule has 4 nitrogen and oxygen atoms in total. The Bertz CT molecular complexity index is 696. The average Bonchev–Trinajstić information content (AvgIpc) is 2.62. The molecule has 1 aliphatic heterocycles. The van der Waals surface area contributed by atoms with Crippen molar-refractivity contribution >= 4 is 5.91 Å². The van der Waals surface area contributed by atoms with Gasteiger partial charge in [0.25, 0.3) is 5.91 Å². The number of rotatable bonds is 5. The molecule has 1 fully saturated rings. The molecule has 0 bridgehead atoms. The number of hydrogen-bond donors (Lipinski definition) is 1. The van der Waals surface area contributed by atoms with E-state index in [-0.39, 0.29) is 0 Å². The highest BCUT2D eigenvalue weighted by molar-refractivity contribution is 5.94. The summed E-state index contributed by atoms with van der Waals surface area (Å²) in [6.07, 6.45) is 3.67. The zero-order valence-corrected chi connectivity index (χ0v) is 13.9. The molecule has 1 amide bonds. The number of likely N-dealkylation sites (tertiary alicyclic amines) is 1. The van der Waals surface area contributed by atoms with Crippen molar-refractivity contribution in [3.05, 3.63) is 65.5 Å². The molecule has 1 aliphatic rings. The SMILES string of the molecule is O=C(NCC1CCN(Cc2ccccn2)CC1)c1c(F)cccc1F. The predicted molar refractivity (Wildman–Crippen MR) is 90.9 cm³/mol. The average molecular weight is 345 g/mol. The van der Waals surface area contributed by atoms with Crippen LogP contribution in [0.3, 0.4) is 0 Å². The van der Waals surface area contributed by atoms with E-state index in [4.69, 9.17) is 0 Å². The second-order valence-electron chi connectivity index (χ2n) is 6.35. The van der Waals surface area contributed by atoms with Gasteiger partial charge in [-0.15, -0.1) is 0 Å². The number of aromatic nitrogens is 1. The van der Waals surface area contributed by atoms with E-state index >= 15 is 0 Å². The van der Waals surface area contributed by atoms with Gasteiger partial charge in [0.1, 0.15) is 17.2 Å². The van der Waals surface area contributed by atoms with Crippen LogP contribution in [0.1, 0.15) is 28.9 Å². The van der Waals surface area contributed by atoms with Crippen molar-refractivity contribution in [2.75, 3.05) is 19.6 Å². The third-order valence-corrected chi connectivity index (χ3v) is 4.56. The summed E-state index contributed by atoms with van der Waals surface area (Å²) < 4.78 is 27.2. The highest BCUT2D eigenvalue weighted by atomic mass is 19.1. The van der Waals surface area contributed by atoms with Crippen molar-refractivity contribution in [3.8, 4) is 0 Å². The standard InChI is InChI=1S/C19H21F2N3O/c20-16-5-3-6-17(21)18(16)19(25)23-12-14-7-10-24(11-8-14)13-15-4-1-2-9-22-15/h1-6,9,14H,7-8,10-13H2,(H,23,25). The Balaban J connectivity index is 1.46. The van der Waals surface area contributed by atoms with Gasteiger partial charge in [-0.25, -0.2) is 8.78 Å². The predicted octanol–water partition coefficient (Wildman–Crippen LogP) is 3.00. The van der Waals surface area contributed by atoms with E-state index in [1.54, 1.807) is 6.20 Å². The minimum atomic E-state index is -0.831. The van der Waals surface area contributed by atoms with E-state index in [1.807, 2.05) is 18.2 Å². The first-order chi connectivity index (χ1) is 12.1. The molecule has 0 atom stereocenters. The molecule has 2 heterocycles. The zero-order valence-electron chi connectivity index (χ0n) is 13.9. The third kappa shape index (κ3) is 4.60. The van der Waals surface area contributed by atoms with Crippen LogP contribution in [0.5, 0.6) is 0 Å². The summed E-state index contributed by atoms with van der Waals surface area (Å²) >= 11 is 0. The Hall–Kier alpha value is -2.34. The summed E-state index contributed by atoms with van der Waals surface area (Å²) in [5.74, 6) is -2.03.